The molecule has 0 amide bonds. The number of hydrogen-bond acceptors (Lipinski definition) is 3. The van der Waals surface area contributed by atoms with E-state index >= 15 is 0 Å². The van der Waals surface area contributed by atoms with Gasteiger partial charge in [-0.3, -0.25) is 4.90 Å². The maximum Gasteiger partial charge on any atom is 0.137 e. The van der Waals surface area contributed by atoms with Crippen molar-refractivity contribution in [3.05, 3.63) is 59.4 Å². The van der Waals surface area contributed by atoms with Crippen LogP contribution < -0.4 is 4.74 Å². The van der Waals surface area contributed by atoms with Crippen LogP contribution in [-0.4, -0.2) is 28.5 Å². The standard InChI is InChI=1S/C22H29N3O/c1-6-26-18-11-9-17(10-12-18)16(4)25(5)14-20-19-8-7-13-23-22(19)24-21(20)15(2)3/h7-13,15-16H,6,14H2,1-5H3,(H,23,24). The average molecular weight is 351 g/mol. The number of fused-ring (bicyclic) bond motifs is 1. The molecule has 0 bridgehead atoms. The van der Waals surface area contributed by atoms with E-state index < -0.39 is 0 Å². The van der Waals surface area contributed by atoms with Gasteiger partial charge in [-0.25, -0.2) is 4.98 Å². The molecule has 0 saturated carbocycles. The summed E-state index contributed by atoms with van der Waals surface area (Å²) < 4.78 is 5.55. The molecule has 3 rings (SSSR count). The lowest BCUT2D eigenvalue weighted by Crippen LogP contribution is -2.22. The zero-order chi connectivity index (χ0) is 18.7. The van der Waals surface area contributed by atoms with Crippen molar-refractivity contribution in [2.24, 2.45) is 0 Å². The van der Waals surface area contributed by atoms with E-state index in [9.17, 15) is 0 Å². The Kier molecular flexibility index (Phi) is 5.62. The normalized spacial score (nSPS) is 12.9. The molecule has 138 valence electrons. The SMILES string of the molecule is CCOc1ccc(C(C)N(C)Cc2c(C(C)C)[nH]c3ncccc23)cc1. The van der Waals surface area contributed by atoms with E-state index in [-0.39, 0.29) is 0 Å². The molecule has 26 heavy (non-hydrogen) atoms. The third kappa shape index (κ3) is 3.75. The predicted octanol–water partition coefficient (Wildman–Crippen LogP) is 5.28. The third-order valence-corrected chi connectivity index (χ3v) is 5.03. The van der Waals surface area contributed by atoms with Crippen LogP contribution in [0.4, 0.5) is 0 Å². The van der Waals surface area contributed by atoms with Gasteiger partial charge in [0.2, 0.25) is 0 Å². The fraction of sp³-hybridized carbons (Fsp3) is 0.409. The Morgan fingerprint density at radius 3 is 2.50 bits per heavy atom. The molecule has 1 unspecified atom stereocenters. The van der Waals surface area contributed by atoms with Gasteiger partial charge >= 0.3 is 0 Å². The minimum Gasteiger partial charge on any atom is -0.494 e. The maximum atomic E-state index is 5.55. The molecule has 0 aliphatic heterocycles. The summed E-state index contributed by atoms with van der Waals surface area (Å²) in [5.41, 5.74) is 4.90. The minimum absolute atomic E-state index is 0.312. The number of aromatic amines is 1. The Labute approximate surface area is 156 Å². The summed E-state index contributed by atoms with van der Waals surface area (Å²) in [5, 5.41) is 1.22. The smallest absolute Gasteiger partial charge is 0.137 e. The number of pyridine rings is 1. The molecule has 3 aromatic rings. The van der Waals surface area contributed by atoms with Crippen LogP contribution >= 0.6 is 0 Å². The van der Waals surface area contributed by atoms with Gasteiger partial charge in [-0.1, -0.05) is 26.0 Å². The number of nitrogens with zero attached hydrogens (tertiary/aromatic N) is 2. The predicted molar refractivity (Wildman–Crippen MR) is 108 cm³/mol. The lowest BCUT2D eigenvalue weighted by atomic mass is 10.0. The summed E-state index contributed by atoms with van der Waals surface area (Å²) in [6, 6.07) is 12.9. The van der Waals surface area contributed by atoms with E-state index in [0.717, 1.165) is 17.9 Å². The summed E-state index contributed by atoms with van der Waals surface area (Å²) in [5.74, 6) is 1.37. The zero-order valence-corrected chi connectivity index (χ0v) is 16.4. The number of H-pyrrole nitrogens is 1. The highest BCUT2D eigenvalue weighted by Crippen LogP contribution is 2.30. The van der Waals surface area contributed by atoms with Crippen molar-refractivity contribution >= 4 is 11.0 Å². The largest absolute Gasteiger partial charge is 0.494 e. The second kappa shape index (κ2) is 7.92. The van der Waals surface area contributed by atoms with Crippen molar-refractivity contribution in [3.8, 4) is 5.75 Å². The van der Waals surface area contributed by atoms with Crippen molar-refractivity contribution in [3.63, 3.8) is 0 Å². The quantitative estimate of drug-likeness (QED) is 0.630. The van der Waals surface area contributed by atoms with E-state index in [1.807, 2.05) is 19.2 Å². The van der Waals surface area contributed by atoms with E-state index in [1.165, 1.54) is 22.2 Å². The number of ether oxygens (including phenoxy) is 1. The van der Waals surface area contributed by atoms with Gasteiger partial charge in [-0.2, -0.15) is 0 Å². The number of nitrogens with one attached hydrogen (secondary N) is 1. The van der Waals surface area contributed by atoms with Gasteiger partial charge in [0.15, 0.2) is 0 Å². The molecule has 4 nitrogen and oxygen atoms in total. The maximum absolute atomic E-state index is 5.55. The van der Waals surface area contributed by atoms with Crippen molar-refractivity contribution in [1.82, 2.24) is 14.9 Å². The summed E-state index contributed by atoms with van der Waals surface area (Å²) in [6.07, 6.45) is 1.85. The second-order valence-corrected chi connectivity index (χ2v) is 7.16. The molecular weight excluding hydrogens is 322 g/mol. The van der Waals surface area contributed by atoms with Crippen molar-refractivity contribution in [2.45, 2.75) is 46.2 Å². The van der Waals surface area contributed by atoms with Crippen LogP contribution in [0.25, 0.3) is 11.0 Å². The highest BCUT2D eigenvalue weighted by Gasteiger charge is 2.19. The van der Waals surface area contributed by atoms with Crippen LogP contribution in [-0.2, 0) is 6.54 Å². The monoisotopic (exact) mass is 351 g/mol. The second-order valence-electron chi connectivity index (χ2n) is 7.16. The van der Waals surface area contributed by atoms with Gasteiger partial charge in [0, 0.05) is 29.9 Å². The van der Waals surface area contributed by atoms with E-state index in [0.29, 0.717) is 18.6 Å². The molecule has 1 atom stereocenters. The number of rotatable bonds is 7. The molecule has 0 aliphatic rings. The highest BCUT2D eigenvalue weighted by molar-refractivity contribution is 5.81. The van der Waals surface area contributed by atoms with Gasteiger partial charge in [0.1, 0.15) is 11.4 Å². The summed E-state index contributed by atoms with van der Waals surface area (Å²) in [7, 11) is 2.18. The van der Waals surface area contributed by atoms with Crippen molar-refractivity contribution < 1.29 is 4.74 Å². The van der Waals surface area contributed by atoms with Gasteiger partial charge < -0.3 is 9.72 Å². The molecular formula is C22H29N3O. The Hall–Kier alpha value is -2.33. The summed E-state index contributed by atoms with van der Waals surface area (Å²) in [6.45, 7) is 10.3. The topological polar surface area (TPSA) is 41.1 Å². The molecule has 2 heterocycles. The number of hydrogen-bond donors (Lipinski definition) is 1. The van der Waals surface area contributed by atoms with Gasteiger partial charge in [-0.15, -0.1) is 0 Å². The van der Waals surface area contributed by atoms with Gasteiger partial charge in [0.05, 0.1) is 6.61 Å². The molecule has 0 aliphatic carbocycles. The Morgan fingerprint density at radius 1 is 1.12 bits per heavy atom. The first kappa shape index (κ1) is 18.5. The Bertz CT molecular complexity index is 851. The molecule has 0 saturated heterocycles. The molecule has 0 spiro atoms. The number of aromatic nitrogens is 2. The van der Waals surface area contributed by atoms with Gasteiger partial charge in [0.25, 0.3) is 0 Å². The van der Waals surface area contributed by atoms with E-state index in [1.54, 1.807) is 0 Å². The minimum atomic E-state index is 0.312. The van der Waals surface area contributed by atoms with Gasteiger partial charge in [-0.05, 0) is 62.2 Å². The van der Waals surface area contributed by atoms with E-state index in [2.05, 4.69) is 73.0 Å². The van der Waals surface area contributed by atoms with E-state index in [4.69, 9.17) is 4.74 Å². The van der Waals surface area contributed by atoms with Crippen LogP contribution in [0.2, 0.25) is 0 Å². The molecule has 1 N–H and O–H groups in total. The van der Waals surface area contributed by atoms with Crippen molar-refractivity contribution in [1.29, 1.82) is 0 Å². The van der Waals surface area contributed by atoms with Crippen molar-refractivity contribution in [2.75, 3.05) is 13.7 Å². The summed E-state index contributed by atoms with van der Waals surface area (Å²) >= 11 is 0. The third-order valence-electron chi connectivity index (χ3n) is 5.03. The zero-order valence-electron chi connectivity index (χ0n) is 16.4. The van der Waals surface area contributed by atoms with Crippen LogP contribution in [0.15, 0.2) is 42.6 Å². The highest BCUT2D eigenvalue weighted by atomic mass is 16.5. The summed E-state index contributed by atoms with van der Waals surface area (Å²) in [4.78, 5) is 10.4. The molecule has 2 aromatic heterocycles. The number of benzene rings is 1. The van der Waals surface area contributed by atoms with Crippen LogP contribution in [0.1, 0.15) is 56.5 Å². The van der Waals surface area contributed by atoms with Crippen LogP contribution in [0, 0.1) is 0 Å². The fourth-order valence-electron chi connectivity index (χ4n) is 3.41. The molecule has 0 fully saturated rings. The lowest BCUT2D eigenvalue weighted by Gasteiger charge is -2.26. The Morgan fingerprint density at radius 2 is 1.85 bits per heavy atom. The molecule has 0 radical (unpaired) electrons. The Balaban J connectivity index is 1.84. The van der Waals surface area contributed by atoms with Crippen LogP contribution in [0.3, 0.4) is 0 Å². The molecule has 4 heteroatoms. The van der Waals surface area contributed by atoms with Crippen LogP contribution in [0.5, 0.6) is 5.75 Å². The average Bonchev–Trinajstić information content (AvgIpc) is 3.01. The fourth-order valence-corrected chi connectivity index (χ4v) is 3.41. The first-order valence-electron chi connectivity index (χ1n) is 9.39. The first-order chi connectivity index (χ1) is 12.5. The molecule has 1 aromatic carbocycles. The first-order valence-corrected chi connectivity index (χ1v) is 9.39. The lowest BCUT2D eigenvalue weighted by molar-refractivity contribution is 0.252.